The fourth-order valence-corrected chi connectivity index (χ4v) is 0.571. The van der Waals surface area contributed by atoms with E-state index in [9.17, 15) is 18.0 Å². The number of amides is 1. The number of hydrogen-bond acceptors (Lipinski definition) is 2. The lowest BCUT2D eigenvalue weighted by Crippen LogP contribution is -2.37. The first-order valence-electron chi connectivity index (χ1n) is 3.53. The summed E-state index contributed by atoms with van der Waals surface area (Å²) in [5.41, 5.74) is 5.10. The zero-order valence-electron chi connectivity index (χ0n) is 6.45. The maximum Gasteiger partial charge on any atom is 0.471 e. The molecule has 0 aromatic heterocycles. The molecule has 12 heavy (non-hydrogen) atoms. The van der Waals surface area contributed by atoms with Crippen molar-refractivity contribution in [3.05, 3.63) is 0 Å². The van der Waals surface area contributed by atoms with E-state index in [0.29, 0.717) is 19.4 Å². The van der Waals surface area contributed by atoms with E-state index in [1.165, 1.54) is 0 Å². The molecule has 0 aromatic rings. The molecule has 0 rings (SSSR count). The van der Waals surface area contributed by atoms with E-state index < -0.39 is 12.1 Å². The van der Waals surface area contributed by atoms with Crippen molar-refractivity contribution in [3.63, 3.8) is 0 Å². The molecule has 0 aliphatic carbocycles. The molecule has 6 heteroatoms. The van der Waals surface area contributed by atoms with Gasteiger partial charge in [0.15, 0.2) is 0 Å². The summed E-state index contributed by atoms with van der Waals surface area (Å²) in [6.07, 6.45) is -3.70. The fraction of sp³-hybridized carbons (Fsp3) is 0.833. The van der Waals surface area contributed by atoms with Gasteiger partial charge >= 0.3 is 12.1 Å². The second kappa shape index (κ2) is 4.97. The number of carbonyl (C=O) groups is 1. The second-order valence-corrected chi connectivity index (χ2v) is 2.25. The largest absolute Gasteiger partial charge is 0.471 e. The van der Waals surface area contributed by atoms with E-state index in [1.807, 2.05) is 0 Å². The number of hydrogen-bond donors (Lipinski definition) is 2. The Morgan fingerprint density at radius 2 is 1.92 bits per heavy atom. The van der Waals surface area contributed by atoms with Crippen LogP contribution in [0.1, 0.15) is 12.8 Å². The standard InChI is InChI=1S/C6H11F3N2O/c7-6(8,9)5(12)11-4-2-1-3-10/h1-4,10H2,(H,11,12). The van der Waals surface area contributed by atoms with Crippen molar-refractivity contribution in [1.82, 2.24) is 5.32 Å². The Morgan fingerprint density at radius 1 is 1.33 bits per heavy atom. The van der Waals surface area contributed by atoms with Crippen LogP contribution in [0.2, 0.25) is 0 Å². The molecular weight excluding hydrogens is 173 g/mol. The summed E-state index contributed by atoms with van der Waals surface area (Å²) in [6, 6.07) is 0. The number of halogens is 3. The van der Waals surface area contributed by atoms with Crippen molar-refractivity contribution in [2.24, 2.45) is 5.73 Å². The highest BCUT2D eigenvalue weighted by Gasteiger charge is 2.37. The highest BCUT2D eigenvalue weighted by molar-refractivity contribution is 5.81. The van der Waals surface area contributed by atoms with Gasteiger partial charge in [-0.25, -0.2) is 0 Å². The minimum absolute atomic E-state index is 0.0234. The lowest BCUT2D eigenvalue weighted by atomic mass is 10.3. The highest BCUT2D eigenvalue weighted by Crippen LogP contribution is 2.13. The van der Waals surface area contributed by atoms with Crippen molar-refractivity contribution in [2.75, 3.05) is 13.1 Å². The van der Waals surface area contributed by atoms with Crippen molar-refractivity contribution < 1.29 is 18.0 Å². The Kier molecular flexibility index (Phi) is 4.65. The average Bonchev–Trinajstić information content (AvgIpc) is 1.96. The number of nitrogens with two attached hydrogens (primary N) is 1. The van der Waals surface area contributed by atoms with Gasteiger partial charge in [-0.3, -0.25) is 4.79 Å². The molecule has 72 valence electrons. The van der Waals surface area contributed by atoms with Crippen LogP contribution in [0, 0.1) is 0 Å². The van der Waals surface area contributed by atoms with Crippen LogP contribution in [0.25, 0.3) is 0 Å². The third kappa shape index (κ3) is 4.95. The molecule has 3 nitrogen and oxygen atoms in total. The molecule has 0 aliphatic rings. The molecule has 1 amide bonds. The van der Waals surface area contributed by atoms with Crippen LogP contribution in [0.5, 0.6) is 0 Å². The zero-order chi connectivity index (χ0) is 9.61. The van der Waals surface area contributed by atoms with Crippen molar-refractivity contribution in [2.45, 2.75) is 19.0 Å². The van der Waals surface area contributed by atoms with Crippen molar-refractivity contribution in [3.8, 4) is 0 Å². The van der Waals surface area contributed by atoms with Gasteiger partial charge in [0.05, 0.1) is 0 Å². The Hall–Kier alpha value is -0.780. The summed E-state index contributed by atoms with van der Waals surface area (Å²) in [4.78, 5) is 10.2. The lowest BCUT2D eigenvalue weighted by Gasteiger charge is -2.06. The third-order valence-electron chi connectivity index (χ3n) is 1.17. The van der Waals surface area contributed by atoms with Crippen LogP contribution in [0.3, 0.4) is 0 Å². The Bertz CT molecular complexity index is 146. The smallest absolute Gasteiger partial charge is 0.348 e. The Morgan fingerprint density at radius 3 is 2.33 bits per heavy atom. The predicted molar refractivity (Wildman–Crippen MR) is 37.4 cm³/mol. The summed E-state index contributed by atoms with van der Waals surface area (Å²) in [6.45, 7) is 0.442. The summed E-state index contributed by atoms with van der Waals surface area (Å²) in [5, 5.41) is 1.74. The Labute approximate surface area is 68.1 Å². The molecule has 0 saturated heterocycles. The number of nitrogens with one attached hydrogen (secondary N) is 1. The monoisotopic (exact) mass is 184 g/mol. The van der Waals surface area contributed by atoms with Gasteiger partial charge in [0.25, 0.3) is 0 Å². The van der Waals surface area contributed by atoms with Gasteiger partial charge < -0.3 is 11.1 Å². The van der Waals surface area contributed by atoms with Crippen LogP contribution < -0.4 is 11.1 Å². The molecule has 0 unspecified atom stereocenters. The molecule has 0 heterocycles. The molecule has 0 saturated carbocycles. The molecule has 0 aromatic carbocycles. The molecule has 0 aliphatic heterocycles. The predicted octanol–water partition coefficient (Wildman–Crippen LogP) is 0.404. The summed E-state index contributed by atoms with van der Waals surface area (Å²) in [7, 11) is 0. The van der Waals surface area contributed by atoms with Gasteiger partial charge in [-0.05, 0) is 19.4 Å². The van der Waals surface area contributed by atoms with Crippen LogP contribution in [-0.4, -0.2) is 25.2 Å². The SMILES string of the molecule is NCCCCNC(=O)C(F)(F)F. The van der Waals surface area contributed by atoms with E-state index >= 15 is 0 Å². The molecule has 0 radical (unpaired) electrons. The quantitative estimate of drug-likeness (QED) is 0.621. The van der Waals surface area contributed by atoms with Crippen LogP contribution in [0.4, 0.5) is 13.2 Å². The van der Waals surface area contributed by atoms with Gasteiger partial charge in [0.2, 0.25) is 0 Å². The van der Waals surface area contributed by atoms with Gasteiger partial charge in [-0.15, -0.1) is 0 Å². The molecule has 3 N–H and O–H groups in total. The van der Waals surface area contributed by atoms with Crippen molar-refractivity contribution >= 4 is 5.91 Å². The maximum absolute atomic E-state index is 11.5. The zero-order valence-corrected chi connectivity index (χ0v) is 6.45. The van der Waals surface area contributed by atoms with E-state index in [0.717, 1.165) is 0 Å². The summed E-state index contributed by atoms with van der Waals surface area (Å²) >= 11 is 0. The minimum atomic E-state index is -4.78. The summed E-state index contributed by atoms with van der Waals surface area (Å²) < 4.78 is 34.6. The van der Waals surface area contributed by atoms with Crippen LogP contribution in [0.15, 0.2) is 0 Å². The molecule has 0 fully saturated rings. The van der Waals surface area contributed by atoms with Crippen LogP contribution >= 0.6 is 0 Å². The normalized spacial score (nSPS) is 11.3. The number of alkyl halides is 3. The summed E-state index contributed by atoms with van der Waals surface area (Å²) in [5.74, 6) is -1.89. The van der Waals surface area contributed by atoms with Gasteiger partial charge in [-0.1, -0.05) is 0 Å². The molecular formula is C6H11F3N2O. The second-order valence-electron chi connectivity index (χ2n) is 2.25. The topological polar surface area (TPSA) is 55.1 Å². The first-order chi connectivity index (χ1) is 5.48. The highest BCUT2D eigenvalue weighted by atomic mass is 19.4. The maximum atomic E-state index is 11.5. The van der Waals surface area contributed by atoms with Gasteiger partial charge in [0.1, 0.15) is 0 Å². The van der Waals surface area contributed by atoms with Gasteiger partial charge in [0, 0.05) is 6.54 Å². The van der Waals surface area contributed by atoms with E-state index in [4.69, 9.17) is 5.73 Å². The third-order valence-corrected chi connectivity index (χ3v) is 1.17. The lowest BCUT2D eigenvalue weighted by molar-refractivity contribution is -0.173. The van der Waals surface area contributed by atoms with Crippen molar-refractivity contribution in [1.29, 1.82) is 0 Å². The van der Waals surface area contributed by atoms with Crippen LogP contribution in [-0.2, 0) is 4.79 Å². The number of carbonyl (C=O) groups excluding carboxylic acids is 1. The molecule has 0 spiro atoms. The average molecular weight is 184 g/mol. The van der Waals surface area contributed by atoms with E-state index in [2.05, 4.69) is 0 Å². The fourth-order valence-electron chi connectivity index (χ4n) is 0.571. The first-order valence-corrected chi connectivity index (χ1v) is 3.53. The number of unbranched alkanes of at least 4 members (excludes halogenated alkanes) is 1. The first kappa shape index (κ1) is 11.2. The number of rotatable bonds is 4. The molecule has 0 atom stereocenters. The molecule has 0 bridgehead atoms. The minimum Gasteiger partial charge on any atom is -0.348 e. The Balaban J connectivity index is 3.45. The van der Waals surface area contributed by atoms with E-state index in [-0.39, 0.29) is 6.54 Å². The van der Waals surface area contributed by atoms with E-state index in [1.54, 1.807) is 5.32 Å². The van der Waals surface area contributed by atoms with Gasteiger partial charge in [-0.2, -0.15) is 13.2 Å².